The second kappa shape index (κ2) is 10.5. The molecule has 182 valence electrons. The van der Waals surface area contributed by atoms with Crippen LogP contribution in [0.25, 0.3) is 0 Å². The molecule has 3 heterocycles. The molecular formula is C27H36N4O2S. The van der Waals surface area contributed by atoms with E-state index in [0.717, 1.165) is 25.8 Å². The van der Waals surface area contributed by atoms with E-state index >= 15 is 0 Å². The fourth-order valence-corrected chi connectivity index (χ4v) is 6.73. The maximum absolute atomic E-state index is 13.4. The minimum Gasteiger partial charge on any atom is -0.338 e. The van der Waals surface area contributed by atoms with E-state index < -0.39 is 0 Å². The van der Waals surface area contributed by atoms with Gasteiger partial charge >= 0.3 is 6.03 Å². The number of benzene rings is 1. The van der Waals surface area contributed by atoms with Gasteiger partial charge in [0.2, 0.25) is 5.91 Å². The van der Waals surface area contributed by atoms with Crippen LogP contribution in [0.1, 0.15) is 61.1 Å². The molecule has 6 nitrogen and oxygen atoms in total. The molecule has 3 aliphatic rings. The van der Waals surface area contributed by atoms with Crippen LogP contribution in [0.15, 0.2) is 41.8 Å². The molecule has 5 rings (SSSR count). The van der Waals surface area contributed by atoms with Gasteiger partial charge in [-0.2, -0.15) is 0 Å². The number of rotatable bonds is 4. The van der Waals surface area contributed by atoms with E-state index in [1.54, 1.807) is 0 Å². The van der Waals surface area contributed by atoms with Gasteiger partial charge in [0.25, 0.3) is 0 Å². The van der Waals surface area contributed by atoms with Gasteiger partial charge in [-0.3, -0.25) is 9.69 Å². The summed E-state index contributed by atoms with van der Waals surface area (Å²) in [4.78, 5) is 33.9. The van der Waals surface area contributed by atoms with Crippen molar-refractivity contribution in [3.63, 3.8) is 0 Å². The van der Waals surface area contributed by atoms with E-state index in [-0.39, 0.29) is 24.0 Å². The van der Waals surface area contributed by atoms with Crippen LogP contribution >= 0.6 is 11.3 Å². The lowest BCUT2D eigenvalue weighted by molar-refractivity contribution is -0.135. The van der Waals surface area contributed by atoms with Gasteiger partial charge in [0, 0.05) is 43.1 Å². The molecule has 2 atom stereocenters. The Bertz CT molecular complexity index is 988. The summed E-state index contributed by atoms with van der Waals surface area (Å²) in [5.74, 6) is 0.166. The first-order valence-electron chi connectivity index (χ1n) is 12.8. The lowest BCUT2D eigenvalue weighted by Gasteiger charge is -2.42. The molecule has 7 heteroatoms. The highest BCUT2D eigenvalue weighted by Crippen LogP contribution is 2.37. The summed E-state index contributed by atoms with van der Waals surface area (Å²) < 4.78 is 0. The molecule has 1 saturated carbocycles. The SMILES string of the molecule is C[C@@H]1CN(C(=O)CN2CCc3sccc3[C@H]2c2ccccc2)CCN1C(=O)NC1CCCCC1. The normalized spacial score (nSPS) is 24.0. The highest BCUT2D eigenvalue weighted by Gasteiger charge is 2.34. The molecule has 1 aliphatic carbocycles. The molecule has 3 amide bonds. The lowest BCUT2D eigenvalue weighted by atomic mass is 9.93. The van der Waals surface area contributed by atoms with E-state index in [0.29, 0.717) is 32.2 Å². The van der Waals surface area contributed by atoms with Crippen molar-refractivity contribution in [1.29, 1.82) is 0 Å². The summed E-state index contributed by atoms with van der Waals surface area (Å²) in [5.41, 5.74) is 2.58. The molecule has 2 aliphatic heterocycles. The molecule has 1 aromatic heterocycles. The Morgan fingerprint density at radius 2 is 1.82 bits per heavy atom. The number of hydrogen-bond acceptors (Lipinski definition) is 4. The van der Waals surface area contributed by atoms with Gasteiger partial charge < -0.3 is 15.1 Å². The third-order valence-corrected chi connectivity index (χ3v) is 8.69. The average molecular weight is 481 g/mol. The van der Waals surface area contributed by atoms with Crippen molar-refractivity contribution in [2.75, 3.05) is 32.7 Å². The van der Waals surface area contributed by atoms with Crippen molar-refractivity contribution >= 4 is 23.3 Å². The van der Waals surface area contributed by atoms with Crippen LogP contribution in [0.5, 0.6) is 0 Å². The summed E-state index contributed by atoms with van der Waals surface area (Å²) in [6.07, 6.45) is 6.85. The monoisotopic (exact) mass is 480 g/mol. The van der Waals surface area contributed by atoms with Crippen LogP contribution in [-0.2, 0) is 11.2 Å². The highest BCUT2D eigenvalue weighted by atomic mass is 32.1. The fraction of sp³-hybridized carbons (Fsp3) is 0.556. The first-order valence-corrected chi connectivity index (χ1v) is 13.7. The van der Waals surface area contributed by atoms with Crippen LogP contribution in [-0.4, -0.2) is 71.4 Å². The summed E-state index contributed by atoms with van der Waals surface area (Å²) in [7, 11) is 0. The van der Waals surface area contributed by atoms with Crippen LogP contribution in [0.2, 0.25) is 0 Å². The third kappa shape index (κ3) is 5.01. The number of urea groups is 1. The second-order valence-corrected chi connectivity index (χ2v) is 11.0. The molecule has 1 aromatic carbocycles. The van der Waals surface area contributed by atoms with Gasteiger partial charge in [-0.25, -0.2) is 4.79 Å². The van der Waals surface area contributed by atoms with Crippen LogP contribution in [0, 0.1) is 0 Å². The Morgan fingerprint density at radius 1 is 1.03 bits per heavy atom. The lowest BCUT2D eigenvalue weighted by Crippen LogP contribution is -2.59. The van der Waals surface area contributed by atoms with Gasteiger partial charge in [0.1, 0.15) is 0 Å². The number of amides is 3. The molecule has 0 unspecified atom stereocenters. The van der Waals surface area contributed by atoms with E-state index in [1.807, 2.05) is 27.2 Å². The fourth-order valence-electron chi connectivity index (χ4n) is 5.83. The molecule has 34 heavy (non-hydrogen) atoms. The molecule has 0 bridgehead atoms. The van der Waals surface area contributed by atoms with Crippen molar-refractivity contribution in [1.82, 2.24) is 20.0 Å². The van der Waals surface area contributed by atoms with Gasteiger partial charge in [-0.05, 0) is 48.8 Å². The topological polar surface area (TPSA) is 55.9 Å². The zero-order chi connectivity index (χ0) is 23.5. The molecule has 1 N–H and O–H groups in total. The molecule has 1 saturated heterocycles. The summed E-state index contributed by atoms with van der Waals surface area (Å²) in [5, 5.41) is 5.41. The number of thiophene rings is 1. The first-order chi connectivity index (χ1) is 16.6. The Labute approximate surface area is 206 Å². The van der Waals surface area contributed by atoms with Crippen molar-refractivity contribution < 1.29 is 9.59 Å². The predicted molar refractivity (Wildman–Crippen MR) is 136 cm³/mol. The average Bonchev–Trinajstić information content (AvgIpc) is 3.34. The smallest absolute Gasteiger partial charge is 0.317 e. The third-order valence-electron chi connectivity index (χ3n) is 7.69. The van der Waals surface area contributed by atoms with Crippen molar-refractivity contribution in [3.05, 3.63) is 57.8 Å². The highest BCUT2D eigenvalue weighted by molar-refractivity contribution is 7.10. The van der Waals surface area contributed by atoms with Gasteiger partial charge in [-0.1, -0.05) is 49.6 Å². The van der Waals surface area contributed by atoms with E-state index in [2.05, 4.69) is 52.9 Å². The van der Waals surface area contributed by atoms with Crippen molar-refractivity contribution in [3.8, 4) is 0 Å². The van der Waals surface area contributed by atoms with E-state index in [4.69, 9.17) is 0 Å². The number of nitrogens with one attached hydrogen (secondary N) is 1. The number of nitrogens with zero attached hydrogens (tertiary/aromatic N) is 3. The molecule has 0 spiro atoms. The first kappa shape index (κ1) is 23.4. The van der Waals surface area contributed by atoms with E-state index in [1.165, 1.54) is 35.3 Å². The van der Waals surface area contributed by atoms with Crippen molar-refractivity contribution in [2.45, 2.75) is 63.6 Å². The summed E-state index contributed by atoms with van der Waals surface area (Å²) in [6, 6.07) is 13.3. The number of carbonyl (C=O) groups is 2. The number of hydrogen-bond donors (Lipinski definition) is 1. The number of carbonyl (C=O) groups excluding carboxylic acids is 2. The quantitative estimate of drug-likeness (QED) is 0.711. The Hall–Kier alpha value is -2.38. The Balaban J connectivity index is 1.21. The maximum atomic E-state index is 13.4. The minimum absolute atomic E-state index is 0.0241. The zero-order valence-corrected chi connectivity index (χ0v) is 20.9. The van der Waals surface area contributed by atoms with Crippen LogP contribution in [0.4, 0.5) is 4.79 Å². The minimum atomic E-state index is 0.0241. The molecular weight excluding hydrogens is 444 g/mol. The van der Waals surface area contributed by atoms with Gasteiger partial charge in [-0.15, -0.1) is 11.3 Å². The predicted octanol–water partition coefficient (Wildman–Crippen LogP) is 4.27. The molecule has 2 fully saturated rings. The summed E-state index contributed by atoms with van der Waals surface area (Å²) >= 11 is 1.82. The summed E-state index contributed by atoms with van der Waals surface area (Å²) in [6.45, 7) is 5.17. The van der Waals surface area contributed by atoms with E-state index in [9.17, 15) is 9.59 Å². The van der Waals surface area contributed by atoms with Gasteiger partial charge in [0.05, 0.1) is 12.6 Å². The van der Waals surface area contributed by atoms with Crippen LogP contribution in [0.3, 0.4) is 0 Å². The van der Waals surface area contributed by atoms with Crippen LogP contribution < -0.4 is 5.32 Å². The number of piperazine rings is 1. The zero-order valence-electron chi connectivity index (χ0n) is 20.1. The number of fused-ring (bicyclic) bond motifs is 1. The molecule has 0 radical (unpaired) electrons. The maximum Gasteiger partial charge on any atom is 0.317 e. The Kier molecular flexibility index (Phi) is 7.21. The van der Waals surface area contributed by atoms with Gasteiger partial charge in [0.15, 0.2) is 0 Å². The standard InChI is InChI=1S/C27H36N4O2S/c1-20-18-29(15-16-31(20)27(33)28-22-10-6-3-7-11-22)25(32)19-30-14-12-24-23(13-17-34-24)26(30)21-8-4-2-5-9-21/h2,4-5,8-9,13,17,20,22,26H,3,6-7,10-12,14-16,18-19H2,1H3,(H,28,33)/t20-,26-/m1/s1. The Morgan fingerprint density at radius 3 is 2.59 bits per heavy atom. The largest absolute Gasteiger partial charge is 0.338 e. The second-order valence-electron chi connectivity index (χ2n) is 10.00. The van der Waals surface area contributed by atoms with Crippen molar-refractivity contribution in [2.24, 2.45) is 0 Å². The molecule has 2 aromatic rings.